The second-order valence-electron chi connectivity index (χ2n) is 3.58. The second kappa shape index (κ2) is 1.11. The molecule has 0 aromatic rings. The molecule has 0 aromatic heterocycles. The average molecular weight is 220 g/mol. The first-order chi connectivity index (χ1) is 3.88. The van der Waals surface area contributed by atoms with Crippen LogP contribution < -0.4 is 0 Å². The Morgan fingerprint density at radius 1 is 1.12 bits per heavy atom. The van der Waals surface area contributed by atoms with E-state index >= 15 is 0 Å². The van der Waals surface area contributed by atoms with Gasteiger partial charge in [-0.2, -0.15) is 0 Å². The minimum atomic E-state index is 1.10. The van der Waals surface area contributed by atoms with Crippen molar-refractivity contribution in [1.82, 2.24) is 0 Å². The van der Waals surface area contributed by atoms with E-state index in [9.17, 15) is 0 Å². The van der Waals surface area contributed by atoms with Crippen LogP contribution in [-0.4, -0.2) is 3.92 Å². The van der Waals surface area contributed by atoms with Gasteiger partial charge in [-0.1, -0.05) is 22.6 Å². The van der Waals surface area contributed by atoms with Gasteiger partial charge in [-0.15, -0.1) is 0 Å². The lowest BCUT2D eigenvalue weighted by Gasteiger charge is -2.02. The van der Waals surface area contributed by atoms with Crippen molar-refractivity contribution in [2.45, 2.75) is 16.8 Å². The molecule has 0 saturated heterocycles. The van der Waals surface area contributed by atoms with E-state index in [1.165, 1.54) is 17.8 Å². The molecule has 4 rings (SSSR count). The van der Waals surface area contributed by atoms with Crippen molar-refractivity contribution >= 4 is 22.6 Å². The van der Waals surface area contributed by atoms with Crippen molar-refractivity contribution in [2.24, 2.45) is 23.7 Å². The molecule has 0 N–H and O–H groups in total. The van der Waals surface area contributed by atoms with Crippen molar-refractivity contribution < 1.29 is 0 Å². The lowest BCUT2D eigenvalue weighted by molar-refractivity contribution is 0.626. The van der Waals surface area contributed by atoms with Gasteiger partial charge < -0.3 is 0 Å². The molecule has 3 unspecified atom stereocenters. The SMILES string of the molecule is IC1C2CC3C(C2)C13. The normalized spacial score (nSPS) is 73.9. The smallest absolute Gasteiger partial charge is 0.0172 e. The number of hydrogen-bond acceptors (Lipinski definition) is 0. The van der Waals surface area contributed by atoms with Crippen LogP contribution in [0.2, 0.25) is 0 Å². The molecule has 4 saturated carbocycles. The zero-order valence-corrected chi connectivity index (χ0v) is 6.84. The summed E-state index contributed by atoms with van der Waals surface area (Å²) in [6.45, 7) is 0. The molecule has 0 aliphatic heterocycles. The summed E-state index contributed by atoms with van der Waals surface area (Å²) in [5, 5.41) is 0. The Balaban J connectivity index is 2.10. The molecule has 44 valence electrons. The molecule has 8 heavy (non-hydrogen) atoms. The van der Waals surface area contributed by atoms with E-state index in [1.54, 1.807) is 12.8 Å². The molecule has 0 aromatic carbocycles. The first-order valence-corrected chi connectivity index (χ1v) is 4.76. The van der Waals surface area contributed by atoms with E-state index in [4.69, 9.17) is 0 Å². The number of halogens is 1. The second-order valence-corrected chi connectivity index (χ2v) is 5.02. The summed E-state index contributed by atoms with van der Waals surface area (Å²) in [4.78, 5) is 0. The molecular weight excluding hydrogens is 211 g/mol. The molecular formula is C7H9I. The van der Waals surface area contributed by atoms with E-state index in [0.29, 0.717) is 0 Å². The largest absolute Gasteiger partial charge is 0.0820 e. The highest BCUT2D eigenvalue weighted by Gasteiger charge is 2.67. The van der Waals surface area contributed by atoms with Crippen LogP contribution in [0.3, 0.4) is 0 Å². The van der Waals surface area contributed by atoms with Crippen molar-refractivity contribution in [3.8, 4) is 0 Å². The Morgan fingerprint density at radius 3 is 1.88 bits per heavy atom. The van der Waals surface area contributed by atoms with Crippen LogP contribution in [0.4, 0.5) is 0 Å². The van der Waals surface area contributed by atoms with Gasteiger partial charge in [-0.3, -0.25) is 0 Å². The maximum absolute atomic E-state index is 2.67. The van der Waals surface area contributed by atoms with Gasteiger partial charge in [-0.25, -0.2) is 0 Å². The van der Waals surface area contributed by atoms with Crippen LogP contribution >= 0.6 is 22.6 Å². The number of rotatable bonds is 0. The summed E-state index contributed by atoms with van der Waals surface area (Å²) in [7, 11) is 0. The first kappa shape index (κ1) is 4.53. The number of alkyl halides is 1. The fourth-order valence-corrected chi connectivity index (χ4v) is 4.63. The third-order valence-electron chi connectivity index (χ3n) is 3.37. The lowest BCUT2D eigenvalue weighted by Crippen LogP contribution is -2.00. The Labute approximate surface area is 63.2 Å². The highest BCUT2D eigenvalue weighted by molar-refractivity contribution is 14.1. The van der Waals surface area contributed by atoms with Gasteiger partial charge in [0.05, 0.1) is 0 Å². The molecule has 0 radical (unpaired) electrons. The van der Waals surface area contributed by atoms with Gasteiger partial charge in [-0.05, 0) is 36.5 Å². The lowest BCUT2D eigenvalue weighted by atomic mass is 10.1. The molecule has 0 spiro atoms. The average Bonchev–Trinajstić information content (AvgIpc) is 2.23. The summed E-state index contributed by atoms with van der Waals surface area (Å²) in [6, 6.07) is 0. The van der Waals surface area contributed by atoms with Crippen LogP contribution in [0, 0.1) is 23.7 Å². The van der Waals surface area contributed by atoms with Crippen LogP contribution in [-0.2, 0) is 0 Å². The topological polar surface area (TPSA) is 0 Å². The van der Waals surface area contributed by atoms with Gasteiger partial charge in [0.2, 0.25) is 0 Å². The monoisotopic (exact) mass is 220 g/mol. The zero-order chi connectivity index (χ0) is 5.30. The zero-order valence-electron chi connectivity index (χ0n) is 4.68. The van der Waals surface area contributed by atoms with Crippen molar-refractivity contribution in [1.29, 1.82) is 0 Å². The molecule has 1 heteroatoms. The standard InChI is InChI=1S/C7H9I/c8-7-3-1-4-5(2-3)6(4)7/h3-7H,1-2H2. The highest BCUT2D eigenvalue weighted by Crippen LogP contribution is 2.72. The predicted octanol–water partition coefficient (Wildman–Crippen LogP) is 2.08. The minimum Gasteiger partial charge on any atom is -0.0820 e. The van der Waals surface area contributed by atoms with E-state index in [-0.39, 0.29) is 0 Å². The Kier molecular flexibility index (Phi) is 0.631. The quantitative estimate of drug-likeness (QED) is 0.433. The van der Waals surface area contributed by atoms with Crippen molar-refractivity contribution in [3.05, 3.63) is 0 Å². The highest BCUT2D eigenvalue weighted by atomic mass is 127. The molecule has 4 fully saturated rings. The van der Waals surface area contributed by atoms with E-state index in [0.717, 1.165) is 9.84 Å². The van der Waals surface area contributed by atoms with E-state index in [2.05, 4.69) is 22.6 Å². The molecule has 4 aliphatic carbocycles. The van der Waals surface area contributed by atoms with E-state index < -0.39 is 0 Å². The molecule has 4 bridgehead atoms. The van der Waals surface area contributed by atoms with Crippen molar-refractivity contribution in [3.63, 3.8) is 0 Å². The maximum Gasteiger partial charge on any atom is 0.0172 e. The van der Waals surface area contributed by atoms with Gasteiger partial charge in [0.15, 0.2) is 0 Å². The molecule has 4 aliphatic rings. The van der Waals surface area contributed by atoms with Crippen LogP contribution in [0.15, 0.2) is 0 Å². The Morgan fingerprint density at radius 2 is 1.75 bits per heavy atom. The Bertz CT molecular complexity index is 129. The summed E-state index contributed by atoms with van der Waals surface area (Å²) in [6.07, 6.45) is 3.20. The van der Waals surface area contributed by atoms with Gasteiger partial charge in [0.25, 0.3) is 0 Å². The third kappa shape index (κ3) is 0.309. The summed E-state index contributed by atoms with van der Waals surface area (Å²) >= 11 is 2.67. The first-order valence-electron chi connectivity index (χ1n) is 3.52. The van der Waals surface area contributed by atoms with Crippen LogP contribution in [0.25, 0.3) is 0 Å². The predicted molar refractivity (Wildman–Crippen MR) is 41.0 cm³/mol. The van der Waals surface area contributed by atoms with E-state index in [1.807, 2.05) is 0 Å². The van der Waals surface area contributed by atoms with Crippen LogP contribution in [0.5, 0.6) is 0 Å². The molecule has 0 amide bonds. The maximum atomic E-state index is 2.67. The summed E-state index contributed by atoms with van der Waals surface area (Å²) in [5.41, 5.74) is 0. The molecule has 0 nitrogen and oxygen atoms in total. The van der Waals surface area contributed by atoms with Gasteiger partial charge in [0.1, 0.15) is 0 Å². The van der Waals surface area contributed by atoms with Gasteiger partial charge >= 0.3 is 0 Å². The van der Waals surface area contributed by atoms with Crippen LogP contribution in [0.1, 0.15) is 12.8 Å². The van der Waals surface area contributed by atoms with Crippen molar-refractivity contribution in [2.75, 3.05) is 0 Å². The molecule has 0 heterocycles. The summed E-state index contributed by atoms with van der Waals surface area (Å²) < 4.78 is 1.10. The van der Waals surface area contributed by atoms with Gasteiger partial charge in [0, 0.05) is 3.92 Å². The number of hydrogen-bond donors (Lipinski definition) is 0. The Hall–Kier alpha value is 0.730. The minimum absolute atomic E-state index is 1.10. The molecule has 3 atom stereocenters. The fraction of sp³-hybridized carbons (Fsp3) is 1.00. The fourth-order valence-electron chi connectivity index (χ4n) is 2.98. The summed E-state index contributed by atoms with van der Waals surface area (Å²) in [5.74, 6) is 4.82. The third-order valence-corrected chi connectivity index (χ3v) is 5.21.